The summed E-state index contributed by atoms with van der Waals surface area (Å²) in [6.07, 6.45) is 0.601. The van der Waals surface area contributed by atoms with Crippen molar-refractivity contribution in [3.05, 3.63) is 23.8 Å². The third-order valence-electron chi connectivity index (χ3n) is 3.22. The highest BCUT2D eigenvalue weighted by atomic mass is 16.6. The average Bonchev–Trinajstić information content (AvgIpc) is 2.40. The Balaban J connectivity index is 2.71. The molecule has 0 aliphatic rings. The number of nitrogen functional groups attached to an aromatic ring is 1. The molecule has 130 valence electrons. The van der Waals surface area contributed by atoms with Gasteiger partial charge in [-0.1, -0.05) is 26.0 Å². The Morgan fingerprint density at radius 2 is 1.96 bits per heavy atom. The molecule has 0 heterocycles. The zero-order valence-electron chi connectivity index (χ0n) is 15.2. The van der Waals surface area contributed by atoms with E-state index in [1.54, 1.807) is 7.05 Å². The summed E-state index contributed by atoms with van der Waals surface area (Å²) in [4.78, 5) is 13.5. The van der Waals surface area contributed by atoms with Crippen LogP contribution in [0.1, 0.15) is 46.6 Å². The summed E-state index contributed by atoms with van der Waals surface area (Å²) in [7, 11) is 1.69. The Bertz CT molecular complexity index is 521. The van der Waals surface area contributed by atoms with Crippen molar-refractivity contribution in [1.29, 1.82) is 0 Å². The van der Waals surface area contributed by atoms with Gasteiger partial charge >= 0.3 is 6.09 Å². The number of nitrogens with zero attached hydrogens (tertiary/aromatic N) is 1. The molecule has 0 unspecified atom stereocenters. The minimum atomic E-state index is -0.515. The predicted octanol–water partition coefficient (Wildman–Crippen LogP) is 4.06. The van der Waals surface area contributed by atoms with E-state index in [9.17, 15) is 4.79 Å². The Labute approximate surface area is 139 Å². The molecule has 0 spiro atoms. The smallest absolute Gasteiger partial charge is 0.410 e. The highest BCUT2D eigenvalue weighted by Gasteiger charge is 2.20. The van der Waals surface area contributed by atoms with Crippen LogP contribution in [-0.4, -0.2) is 30.2 Å². The van der Waals surface area contributed by atoms with Gasteiger partial charge in [0, 0.05) is 7.05 Å². The second-order valence-electron chi connectivity index (χ2n) is 7.20. The quantitative estimate of drug-likeness (QED) is 0.802. The lowest BCUT2D eigenvalue weighted by Gasteiger charge is -2.25. The maximum Gasteiger partial charge on any atom is 0.410 e. The van der Waals surface area contributed by atoms with Crippen LogP contribution in [-0.2, 0) is 11.3 Å². The van der Waals surface area contributed by atoms with Gasteiger partial charge in [0.2, 0.25) is 0 Å². The molecule has 0 bridgehead atoms. The lowest BCUT2D eigenvalue weighted by molar-refractivity contribution is 0.0285. The number of ether oxygens (including phenoxy) is 2. The molecule has 1 aromatic carbocycles. The van der Waals surface area contributed by atoms with Crippen molar-refractivity contribution >= 4 is 11.8 Å². The number of carbonyl (C=O) groups excluding carboxylic acids is 1. The summed E-state index contributed by atoms with van der Waals surface area (Å²) in [6.45, 7) is 10.8. The zero-order valence-corrected chi connectivity index (χ0v) is 15.2. The van der Waals surface area contributed by atoms with E-state index in [1.165, 1.54) is 4.90 Å². The van der Waals surface area contributed by atoms with Gasteiger partial charge in [-0.25, -0.2) is 4.79 Å². The van der Waals surface area contributed by atoms with Crippen LogP contribution < -0.4 is 10.5 Å². The zero-order chi connectivity index (χ0) is 17.6. The number of benzene rings is 1. The minimum absolute atomic E-state index is 0.372. The van der Waals surface area contributed by atoms with Crippen LogP contribution in [0.2, 0.25) is 0 Å². The maximum absolute atomic E-state index is 12.0. The molecule has 0 saturated heterocycles. The van der Waals surface area contributed by atoms with Crippen LogP contribution in [0.15, 0.2) is 18.2 Å². The van der Waals surface area contributed by atoms with Crippen molar-refractivity contribution in [2.75, 3.05) is 19.4 Å². The van der Waals surface area contributed by atoms with Crippen LogP contribution in [0.5, 0.6) is 5.75 Å². The van der Waals surface area contributed by atoms with Crippen LogP contribution in [0.25, 0.3) is 0 Å². The summed E-state index contributed by atoms with van der Waals surface area (Å²) < 4.78 is 11.1. The van der Waals surface area contributed by atoms with E-state index in [2.05, 4.69) is 13.8 Å². The van der Waals surface area contributed by atoms with Crippen molar-refractivity contribution in [2.24, 2.45) is 5.92 Å². The van der Waals surface area contributed by atoms with Crippen LogP contribution in [0.4, 0.5) is 10.5 Å². The second kappa shape index (κ2) is 8.09. The molecule has 5 nitrogen and oxygen atoms in total. The van der Waals surface area contributed by atoms with Gasteiger partial charge < -0.3 is 20.1 Å². The predicted molar refractivity (Wildman–Crippen MR) is 93.5 cm³/mol. The molecule has 0 fully saturated rings. The molecular formula is C18H30N2O3. The van der Waals surface area contributed by atoms with Crippen LogP contribution in [0.3, 0.4) is 0 Å². The minimum Gasteiger partial charge on any atom is -0.491 e. The van der Waals surface area contributed by atoms with Crippen molar-refractivity contribution in [1.82, 2.24) is 4.90 Å². The van der Waals surface area contributed by atoms with Gasteiger partial charge in [-0.05, 0) is 44.7 Å². The molecule has 0 aliphatic heterocycles. The van der Waals surface area contributed by atoms with E-state index in [0.717, 1.165) is 12.0 Å². The normalized spacial score (nSPS) is 11.4. The van der Waals surface area contributed by atoms with E-state index in [4.69, 9.17) is 15.2 Å². The van der Waals surface area contributed by atoms with Gasteiger partial charge in [-0.2, -0.15) is 0 Å². The Morgan fingerprint density at radius 1 is 1.30 bits per heavy atom. The van der Waals surface area contributed by atoms with E-state index >= 15 is 0 Å². The molecule has 1 rings (SSSR count). The summed E-state index contributed by atoms with van der Waals surface area (Å²) >= 11 is 0. The summed E-state index contributed by atoms with van der Waals surface area (Å²) in [5.41, 5.74) is 7.08. The second-order valence-corrected chi connectivity index (χ2v) is 7.20. The molecule has 0 aliphatic carbocycles. The largest absolute Gasteiger partial charge is 0.491 e. The average molecular weight is 322 g/mol. The first-order valence-electron chi connectivity index (χ1n) is 8.04. The number of rotatable bonds is 6. The van der Waals surface area contributed by atoms with E-state index in [1.807, 2.05) is 39.0 Å². The van der Waals surface area contributed by atoms with Crippen molar-refractivity contribution < 1.29 is 14.3 Å². The van der Waals surface area contributed by atoms with Crippen LogP contribution >= 0.6 is 0 Å². The topological polar surface area (TPSA) is 64.8 Å². The van der Waals surface area contributed by atoms with Gasteiger partial charge in [0.25, 0.3) is 0 Å². The lowest BCUT2D eigenvalue weighted by Crippen LogP contribution is -2.34. The third-order valence-corrected chi connectivity index (χ3v) is 3.22. The number of para-hydroxylation sites is 1. The van der Waals surface area contributed by atoms with Gasteiger partial charge in [0.15, 0.2) is 0 Å². The highest BCUT2D eigenvalue weighted by molar-refractivity contribution is 5.68. The van der Waals surface area contributed by atoms with E-state index in [-0.39, 0.29) is 6.09 Å². The fourth-order valence-corrected chi connectivity index (χ4v) is 1.92. The van der Waals surface area contributed by atoms with Gasteiger partial charge in [0.1, 0.15) is 11.4 Å². The molecule has 23 heavy (non-hydrogen) atoms. The van der Waals surface area contributed by atoms with Crippen molar-refractivity contribution in [3.8, 4) is 5.75 Å². The first-order chi connectivity index (χ1) is 10.6. The fourth-order valence-electron chi connectivity index (χ4n) is 1.92. The first kappa shape index (κ1) is 19.1. The molecule has 2 N–H and O–H groups in total. The molecule has 0 atom stereocenters. The van der Waals surface area contributed by atoms with Gasteiger partial charge in [0.05, 0.1) is 18.8 Å². The number of hydrogen-bond donors (Lipinski definition) is 1. The number of anilines is 1. The van der Waals surface area contributed by atoms with E-state index in [0.29, 0.717) is 30.5 Å². The standard InChI is InChI=1S/C18H30N2O3/c1-13(2)10-11-22-15-9-7-8-14(16(15)19)12-20(6)17(21)23-18(3,4)5/h7-9,13H,10-12,19H2,1-6H3. The van der Waals surface area contributed by atoms with Gasteiger partial charge in [-0.3, -0.25) is 0 Å². The molecule has 0 saturated carbocycles. The number of hydrogen-bond acceptors (Lipinski definition) is 4. The summed E-state index contributed by atoms with van der Waals surface area (Å²) in [5.74, 6) is 1.25. The summed E-state index contributed by atoms with van der Waals surface area (Å²) in [6, 6.07) is 5.64. The lowest BCUT2D eigenvalue weighted by atomic mass is 10.1. The Morgan fingerprint density at radius 3 is 2.52 bits per heavy atom. The molecular weight excluding hydrogens is 292 g/mol. The summed E-state index contributed by atoms with van der Waals surface area (Å²) in [5, 5.41) is 0. The van der Waals surface area contributed by atoms with E-state index < -0.39 is 5.60 Å². The molecule has 5 heteroatoms. The number of nitrogens with two attached hydrogens (primary N) is 1. The molecule has 0 radical (unpaired) electrons. The van der Waals surface area contributed by atoms with Crippen molar-refractivity contribution in [3.63, 3.8) is 0 Å². The first-order valence-corrected chi connectivity index (χ1v) is 8.04. The molecule has 1 aromatic rings. The van der Waals surface area contributed by atoms with Crippen LogP contribution in [0, 0.1) is 5.92 Å². The highest BCUT2D eigenvalue weighted by Crippen LogP contribution is 2.26. The molecule has 0 aromatic heterocycles. The Hall–Kier alpha value is -1.91. The number of carbonyl (C=O) groups is 1. The Kier molecular flexibility index (Phi) is 6.73. The fraction of sp³-hybridized carbons (Fsp3) is 0.611. The van der Waals surface area contributed by atoms with Crippen molar-refractivity contribution in [2.45, 2.75) is 53.2 Å². The monoisotopic (exact) mass is 322 g/mol. The maximum atomic E-state index is 12.0. The number of amides is 1. The van der Waals surface area contributed by atoms with Gasteiger partial charge in [-0.15, -0.1) is 0 Å². The molecule has 1 amide bonds. The third kappa shape index (κ3) is 6.80. The SMILES string of the molecule is CC(C)CCOc1cccc(CN(C)C(=O)OC(C)(C)C)c1N.